The van der Waals surface area contributed by atoms with Crippen molar-refractivity contribution in [2.45, 2.75) is 0 Å². The van der Waals surface area contributed by atoms with Crippen LogP contribution in [0, 0.1) is 10.1 Å². The number of nitro benzene ring substituents is 1. The highest BCUT2D eigenvalue weighted by Gasteiger charge is 2.23. The molecule has 0 saturated heterocycles. The second-order valence-electron chi connectivity index (χ2n) is 4.97. The molecule has 0 aliphatic heterocycles. The number of amides is 1. The number of hydrogen-bond acceptors (Lipinski definition) is 7. The van der Waals surface area contributed by atoms with Crippen molar-refractivity contribution in [2.75, 3.05) is 13.7 Å². The number of nitro groups is 1. The average Bonchev–Trinajstić information content (AvgIpc) is 2.61. The van der Waals surface area contributed by atoms with E-state index in [0.717, 1.165) is 6.21 Å². The number of nitrogens with zero attached hydrogens (tertiary/aromatic N) is 2. The molecule has 0 radical (unpaired) electrons. The third kappa shape index (κ3) is 5.31. The van der Waals surface area contributed by atoms with Crippen LogP contribution in [0.25, 0.3) is 0 Å². The first-order chi connectivity index (χ1) is 12.8. The van der Waals surface area contributed by atoms with Crippen LogP contribution in [0.1, 0.15) is 5.56 Å². The fourth-order valence-electron chi connectivity index (χ4n) is 2.01. The number of carbonyl (C=O) groups excluding carboxylic acids is 1. The molecule has 0 aliphatic rings. The number of methoxy groups -OCH3 is 1. The van der Waals surface area contributed by atoms with Crippen LogP contribution in [-0.4, -0.2) is 35.9 Å². The van der Waals surface area contributed by atoms with Crippen LogP contribution >= 0.6 is 27.5 Å². The molecule has 2 aromatic carbocycles. The molecule has 11 heteroatoms. The summed E-state index contributed by atoms with van der Waals surface area (Å²) in [5.74, 6) is -0.850. The van der Waals surface area contributed by atoms with Gasteiger partial charge in [0.1, 0.15) is 5.75 Å². The Bertz CT molecular complexity index is 906. The maximum atomic E-state index is 11.8. The van der Waals surface area contributed by atoms with Gasteiger partial charge < -0.3 is 14.6 Å². The van der Waals surface area contributed by atoms with Crippen molar-refractivity contribution >= 4 is 45.3 Å². The van der Waals surface area contributed by atoms with E-state index in [4.69, 9.17) is 21.1 Å². The smallest absolute Gasteiger partial charge is 0.323 e. The summed E-state index contributed by atoms with van der Waals surface area (Å²) in [5.41, 5.74) is 1.75. The van der Waals surface area contributed by atoms with Gasteiger partial charge >= 0.3 is 5.69 Å². The lowest BCUT2D eigenvalue weighted by Gasteiger charge is -2.07. The maximum Gasteiger partial charge on any atom is 0.323 e. The minimum Gasteiger partial charge on any atom is -0.504 e. The van der Waals surface area contributed by atoms with Gasteiger partial charge in [0.25, 0.3) is 5.91 Å². The largest absolute Gasteiger partial charge is 0.504 e. The Hall–Kier alpha value is -2.85. The molecule has 0 aliphatic carbocycles. The Balaban J connectivity index is 2.02. The minimum atomic E-state index is -0.719. The van der Waals surface area contributed by atoms with E-state index in [1.807, 2.05) is 0 Å². The molecule has 0 heterocycles. The van der Waals surface area contributed by atoms with Crippen LogP contribution in [0.15, 0.2) is 39.9 Å². The predicted octanol–water partition coefficient (Wildman–Crippen LogP) is 3.25. The van der Waals surface area contributed by atoms with Gasteiger partial charge in [-0.1, -0.05) is 11.6 Å². The lowest BCUT2D eigenvalue weighted by atomic mass is 10.1. The number of benzene rings is 2. The summed E-state index contributed by atoms with van der Waals surface area (Å²) in [6.45, 7) is -0.335. The molecule has 0 atom stereocenters. The third-order valence-electron chi connectivity index (χ3n) is 3.17. The summed E-state index contributed by atoms with van der Waals surface area (Å²) in [7, 11) is 1.19. The lowest BCUT2D eigenvalue weighted by Crippen LogP contribution is -2.24. The minimum absolute atomic E-state index is 0.0383. The van der Waals surface area contributed by atoms with Crippen LogP contribution in [0.3, 0.4) is 0 Å². The van der Waals surface area contributed by atoms with Crippen LogP contribution in [0.4, 0.5) is 5.69 Å². The summed E-state index contributed by atoms with van der Waals surface area (Å²) < 4.78 is 10.7. The van der Waals surface area contributed by atoms with Crippen molar-refractivity contribution in [2.24, 2.45) is 5.10 Å². The lowest BCUT2D eigenvalue weighted by molar-refractivity contribution is -0.386. The van der Waals surface area contributed by atoms with Crippen molar-refractivity contribution in [3.8, 4) is 17.2 Å². The first-order valence-electron chi connectivity index (χ1n) is 7.27. The van der Waals surface area contributed by atoms with E-state index in [1.165, 1.54) is 19.2 Å². The Kier molecular flexibility index (Phi) is 6.97. The maximum absolute atomic E-state index is 11.8. The number of hydrogen-bond donors (Lipinski definition) is 2. The highest BCUT2D eigenvalue weighted by Crippen LogP contribution is 2.37. The Labute approximate surface area is 166 Å². The van der Waals surface area contributed by atoms with Crippen molar-refractivity contribution in [3.63, 3.8) is 0 Å². The fourth-order valence-corrected chi connectivity index (χ4v) is 2.81. The average molecular weight is 459 g/mol. The van der Waals surface area contributed by atoms with Crippen LogP contribution in [0.2, 0.25) is 5.02 Å². The van der Waals surface area contributed by atoms with Gasteiger partial charge in [-0.3, -0.25) is 14.9 Å². The molecule has 0 fully saturated rings. The van der Waals surface area contributed by atoms with Gasteiger partial charge in [-0.05, 0) is 46.3 Å². The van der Waals surface area contributed by atoms with Gasteiger partial charge in [0.15, 0.2) is 12.4 Å². The molecule has 27 heavy (non-hydrogen) atoms. The first kappa shape index (κ1) is 20.5. The topological polar surface area (TPSA) is 123 Å². The number of hydrazone groups is 1. The number of nitrogens with one attached hydrogen (secondary N) is 1. The van der Waals surface area contributed by atoms with Crippen LogP contribution < -0.4 is 14.9 Å². The standard InChI is InChI=1S/C16H13BrClN3O6/c1-26-16-12(22)4-2-9(15(16)21(24)25)7-19-20-14(23)8-27-13-5-3-10(18)6-11(13)17/h2-7,22H,8H2,1H3,(H,20,23)/b19-7-. The summed E-state index contributed by atoms with van der Waals surface area (Å²) >= 11 is 9.07. The number of carbonyl (C=O) groups is 1. The molecule has 9 nitrogen and oxygen atoms in total. The van der Waals surface area contributed by atoms with Gasteiger partial charge in [0.2, 0.25) is 5.75 Å². The number of phenols is 1. The molecular weight excluding hydrogens is 446 g/mol. The van der Waals surface area contributed by atoms with E-state index in [-0.39, 0.29) is 23.7 Å². The van der Waals surface area contributed by atoms with Gasteiger partial charge in [0, 0.05) is 5.02 Å². The second kappa shape index (κ2) is 9.19. The summed E-state index contributed by atoms with van der Waals surface area (Å²) in [5, 5.41) is 25.0. The molecule has 2 aromatic rings. The SMILES string of the molecule is COc1c(O)ccc(/C=N\NC(=O)COc2ccc(Cl)cc2Br)c1[N+](=O)[O-]. The number of ether oxygens (including phenoxy) is 2. The van der Waals surface area contributed by atoms with E-state index < -0.39 is 16.5 Å². The van der Waals surface area contributed by atoms with Gasteiger partial charge in [-0.2, -0.15) is 5.10 Å². The highest BCUT2D eigenvalue weighted by atomic mass is 79.9. The number of aromatic hydroxyl groups is 1. The van der Waals surface area contributed by atoms with Crippen molar-refractivity contribution in [1.82, 2.24) is 5.43 Å². The van der Waals surface area contributed by atoms with E-state index in [0.29, 0.717) is 15.2 Å². The van der Waals surface area contributed by atoms with Crippen LogP contribution in [-0.2, 0) is 4.79 Å². The molecule has 2 N–H and O–H groups in total. The Morgan fingerprint density at radius 3 is 2.81 bits per heavy atom. The number of phenolic OH excluding ortho intramolecular Hbond substituents is 1. The van der Waals surface area contributed by atoms with E-state index in [2.05, 4.69) is 26.5 Å². The normalized spacial score (nSPS) is 10.6. The van der Waals surface area contributed by atoms with E-state index >= 15 is 0 Å². The molecule has 0 unspecified atom stereocenters. The van der Waals surface area contributed by atoms with Crippen LogP contribution in [0.5, 0.6) is 17.2 Å². The molecule has 0 bridgehead atoms. The second-order valence-corrected chi connectivity index (χ2v) is 6.26. The first-order valence-corrected chi connectivity index (χ1v) is 8.44. The molecule has 0 saturated carbocycles. The molecule has 2 rings (SSSR count). The number of rotatable bonds is 7. The van der Waals surface area contributed by atoms with E-state index in [9.17, 15) is 20.0 Å². The third-order valence-corrected chi connectivity index (χ3v) is 4.03. The monoisotopic (exact) mass is 457 g/mol. The fraction of sp³-hybridized carbons (Fsp3) is 0.125. The van der Waals surface area contributed by atoms with Crippen molar-refractivity contribution in [3.05, 3.63) is 55.5 Å². The zero-order valence-electron chi connectivity index (χ0n) is 13.8. The highest BCUT2D eigenvalue weighted by molar-refractivity contribution is 9.10. The zero-order valence-corrected chi connectivity index (χ0v) is 16.2. The summed E-state index contributed by atoms with van der Waals surface area (Å²) in [4.78, 5) is 22.3. The zero-order chi connectivity index (χ0) is 20.0. The van der Waals surface area contributed by atoms with Gasteiger partial charge in [-0.15, -0.1) is 0 Å². The van der Waals surface area contributed by atoms with Gasteiger partial charge in [-0.25, -0.2) is 5.43 Å². The van der Waals surface area contributed by atoms with Gasteiger partial charge in [0.05, 0.1) is 28.3 Å². The molecule has 0 aromatic heterocycles. The predicted molar refractivity (Wildman–Crippen MR) is 102 cm³/mol. The quantitative estimate of drug-likeness (QED) is 0.373. The Morgan fingerprint density at radius 1 is 1.44 bits per heavy atom. The summed E-state index contributed by atoms with van der Waals surface area (Å²) in [6.07, 6.45) is 1.07. The molecular formula is C16H13BrClN3O6. The number of halogens is 2. The molecule has 142 valence electrons. The van der Waals surface area contributed by atoms with E-state index in [1.54, 1.807) is 18.2 Å². The molecule has 0 spiro atoms. The van der Waals surface area contributed by atoms with Crippen molar-refractivity contribution in [1.29, 1.82) is 0 Å². The molecule has 1 amide bonds. The Morgan fingerprint density at radius 2 is 2.19 bits per heavy atom. The van der Waals surface area contributed by atoms with Crippen molar-refractivity contribution < 1.29 is 24.3 Å². The summed E-state index contributed by atoms with van der Waals surface area (Å²) in [6, 6.07) is 7.30.